The number of carboxylic acid groups (broad SMARTS) is 1. The highest BCUT2D eigenvalue weighted by Crippen LogP contribution is 2.32. The van der Waals surface area contributed by atoms with Crippen molar-refractivity contribution in [1.82, 2.24) is 60.6 Å². The molecule has 2 aromatic carbocycles. The first-order valence-corrected chi connectivity index (χ1v) is 32.0. The Morgan fingerprint density at radius 1 is 0.707 bits per heavy atom. The molecule has 3 aromatic rings. The minimum Gasteiger partial charge on any atom is -0.494 e. The van der Waals surface area contributed by atoms with Crippen molar-refractivity contribution in [2.45, 2.75) is 108 Å². The number of ether oxygens (including phenoxy) is 3. The number of nitrogens with zero attached hydrogens (tertiary/aromatic N) is 8. The monoisotopic (exact) mass is 1290 g/mol. The predicted molar refractivity (Wildman–Crippen MR) is 338 cm³/mol. The Hall–Kier alpha value is -7.90. The molecule has 6 rings (SSSR count). The van der Waals surface area contributed by atoms with Gasteiger partial charge >= 0.3 is 5.97 Å². The Balaban J connectivity index is 0.906. The second-order valence-corrected chi connectivity index (χ2v) is 23.6. The van der Waals surface area contributed by atoms with Crippen LogP contribution in [-0.4, -0.2) is 261 Å². The van der Waals surface area contributed by atoms with E-state index < -0.39 is 61.2 Å². The van der Waals surface area contributed by atoms with Crippen molar-refractivity contribution in [1.29, 1.82) is 0 Å². The summed E-state index contributed by atoms with van der Waals surface area (Å²) in [5.74, 6) is -3.35. The molecule has 5 N–H and O–H groups in total. The van der Waals surface area contributed by atoms with Gasteiger partial charge < -0.3 is 50.4 Å². The van der Waals surface area contributed by atoms with E-state index in [9.17, 15) is 57.0 Å². The number of hydrogen-bond acceptors (Lipinski definition) is 18. The summed E-state index contributed by atoms with van der Waals surface area (Å²) in [4.78, 5) is 131. The van der Waals surface area contributed by atoms with E-state index in [2.05, 4.69) is 61.3 Å². The third-order valence-electron chi connectivity index (χ3n) is 16.6. The number of hydrogen-bond donors (Lipinski definition) is 5. The number of carboxylic acids is 1. The fourth-order valence-electron chi connectivity index (χ4n) is 11.2. The van der Waals surface area contributed by atoms with E-state index in [-0.39, 0.29) is 49.8 Å². The molecule has 3 aliphatic rings. The maximum Gasteiger partial charge on any atom is 0.317 e. The Kier molecular flexibility index (Phi) is 31.4. The number of amides is 6. The number of nitrogens with one attached hydrogen (secondary N) is 4. The van der Waals surface area contributed by atoms with Gasteiger partial charge in [0.1, 0.15) is 25.3 Å². The highest BCUT2D eigenvalue weighted by molar-refractivity contribution is 6.07. The topological polar surface area (TPSA) is 285 Å². The summed E-state index contributed by atoms with van der Waals surface area (Å²) < 4.78 is 44.0. The van der Waals surface area contributed by atoms with Crippen LogP contribution in [0.3, 0.4) is 0 Å². The number of benzene rings is 2. The summed E-state index contributed by atoms with van der Waals surface area (Å²) in [5, 5.41) is 21.6. The number of aryl methyl sites for hydroxylation is 2. The molecule has 3 saturated heterocycles. The van der Waals surface area contributed by atoms with Crippen LogP contribution in [0.1, 0.15) is 98.5 Å². The van der Waals surface area contributed by atoms with Gasteiger partial charge in [0.15, 0.2) is 0 Å². The van der Waals surface area contributed by atoms with Gasteiger partial charge in [0, 0.05) is 122 Å². The predicted octanol–water partition coefficient (Wildman–Crippen LogP) is 2.48. The molecule has 2 atom stereocenters. The number of carbonyl (C=O) groups is 9. The lowest BCUT2D eigenvalue weighted by Gasteiger charge is -2.34. The number of halogens is 2. The van der Waals surface area contributed by atoms with E-state index in [1.54, 1.807) is 23.1 Å². The Bertz CT molecular complexity index is 2910. The molecule has 0 bridgehead atoms. The van der Waals surface area contributed by atoms with Crippen LogP contribution in [0.25, 0.3) is 10.9 Å². The summed E-state index contributed by atoms with van der Waals surface area (Å²) in [5.41, 5.74) is 3.13. The van der Waals surface area contributed by atoms with Crippen molar-refractivity contribution in [2.24, 2.45) is 0 Å². The molecule has 4 heterocycles. The number of aromatic nitrogens is 1. The van der Waals surface area contributed by atoms with Gasteiger partial charge in [-0.1, -0.05) is 42.2 Å². The molecule has 92 heavy (non-hydrogen) atoms. The van der Waals surface area contributed by atoms with Crippen molar-refractivity contribution in [2.75, 3.05) is 144 Å². The third kappa shape index (κ3) is 26.4. The van der Waals surface area contributed by atoms with Crippen LogP contribution >= 0.6 is 0 Å². The summed E-state index contributed by atoms with van der Waals surface area (Å²) >= 11 is 0. The largest absolute Gasteiger partial charge is 0.494 e. The summed E-state index contributed by atoms with van der Waals surface area (Å²) in [6.07, 6.45) is 13.5. The average Bonchev–Trinajstić information content (AvgIpc) is 1.21. The van der Waals surface area contributed by atoms with Crippen LogP contribution in [0.4, 0.5) is 8.78 Å². The molecule has 0 spiro atoms. The summed E-state index contributed by atoms with van der Waals surface area (Å²) in [7, 11) is 0. The summed E-state index contributed by atoms with van der Waals surface area (Å²) in [6, 6.07) is 13.0. The molecule has 1 unspecified atom stereocenters. The van der Waals surface area contributed by atoms with Crippen LogP contribution in [0, 0.1) is 19.3 Å². The Morgan fingerprint density at radius 3 is 2.01 bits per heavy atom. The zero-order valence-corrected chi connectivity index (χ0v) is 53.0. The van der Waals surface area contributed by atoms with Crippen LogP contribution in [0.15, 0.2) is 54.7 Å². The van der Waals surface area contributed by atoms with Crippen molar-refractivity contribution in [3.05, 3.63) is 71.4 Å². The molecule has 3 fully saturated rings. The second-order valence-electron chi connectivity index (χ2n) is 23.6. The molecule has 25 nitrogen and oxygen atoms in total. The Morgan fingerprint density at radius 2 is 1.35 bits per heavy atom. The van der Waals surface area contributed by atoms with E-state index in [1.165, 1.54) is 23.4 Å². The molecular weight excluding hydrogens is 1190 g/mol. The smallest absolute Gasteiger partial charge is 0.317 e. The van der Waals surface area contributed by atoms with Gasteiger partial charge in [-0.3, -0.25) is 72.6 Å². The first-order chi connectivity index (χ1) is 44.4. The minimum atomic E-state index is -3.09. The van der Waals surface area contributed by atoms with E-state index in [4.69, 9.17) is 20.6 Å². The van der Waals surface area contributed by atoms with Gasteiger partial charge in [0.2, 0.25) is 29.5 Å². The van der Waals surface area contributed by atoms with Crippen molar-refractivity contribution >= 4 is 65.3 Å². The number of likely N-dealkylation sites (tertiary alicyclic amines) is 1. The number of rotatable bonds is 36. The summed E-state index contributed by atoms with van der Waals surface area (Å²) in [6.45, 7) is 8.61. The van der Waals surface area contributed by atoms with Crippen molar-refractivity contribution < 1.29 is 71.2 Å². The van der Waals surface area contributed by atoms with Gasteiger partial charge in [0.05, 0.1) is 49.9 Å². The SMILES string of the molecule is C#C[C@H]1CC(F)(F)CN1C(=O)CNC(=O)c1ccnc2ccc(OCCCCN3CCN(C(=O)CCCCCNC(=O)C(CCCCNC(=O)CCCc4ccc(C)cc4)NC(=O)CN4CCN(COC=O)CCN(COC=O)CCN(CC(=O)O)CC4)CC3)cc12. The highest BCUT2D eigenvalue weighted by atomic mass is 19.3. The van der Waals surface area contributed by atoms with E-state index in [0.717, 1.165) is 43.8 Å². The number of pyridine rings is 1. The van der Waals surface area contributed by atoms with Gasteiger partial charge in [-0.15, -0.1) is 6.42 Å². The second kappa shape index (κ2) is 39.5. The van der Waals surface area contributed by atoms with Crippen molar-refractivity contribution in [3.8, 4) is 18.1 Å². The number of unbranched alkanes of at least 4 members (excludes halogenated alkanes) is 4. The van der Waals surface area contributed by atoms with Gasteiger partial charge in [0.25, 0.3) is 24.8 Å². The number of aliphatic carboxylic acids is 1. The van der Waals surface area contributed by atoms with Gasteiger partial charge in [-0.2, -0.15) is 0 Å². The first-order valence-electron chi connectivity index (χ1n) is 32.0. The van der Waals surface area contributed by atoms with E-state index in [0.29, 0.717) is 173 Å². The number of fused-ring (bicyclic) bond motifs is 1. The molecule has 27 heteroatoms. The normalized spacial score (nSPS) is 17.5. The highest BCUT2D eigenvalue weighted by Gasteiger charge is 2.46. The van der Waals surface area contributed by atoms with Crippen LogP contribution in [0.2, 0.25) is 0 Å². The number of terminal acetylenes is 1. The zero-order valence-electron chi connectivity index (χ0n) is 53.0. The van der Waals surface area contributed by atoms with Gasteiger partial charge in [-0.05, 0) is 101 Å². The molecule has 1 aromatic heterocycles. The lowest BCUT2D eigenvalue weighted by atomic mass is 10.1. The minimum absolute atomic E-state index is 0.00176. The fraction of sp³-hybridized carbons (Fsp3) is 0.600. The molecule has 0 saturated carbocycles. The van der Waals surface area contributed by atoms with E-state index >= 15 is 0 Å². The molecule has 504 valence electrons. The molecule has 0 aliphatic carbocycles. The average molecular weight is 1290 g/mol. The maximum atomic E-state index is 14.0. The van der Waals surface area contributed by atoms with Gasteiger partial charge in [-0.25, -0.2) is 8.78 Å². The standard InChI is InChI=1S/C65H92F2N12O13/c1-3-52-41-65(66,67)45-79(52)61(85)42-71-63(88)54-22-25-68-56-21-20-53(40-55(54)56)92-39-10-9-26-73-35-37-78(38-36-73)60(84)15-5-4-7-24-70-64(89)57(13-6-8-23-69-58(82)14-11-12-51-18-16-50(2)17-19-51)72-59(83)43-74-27-28-75(44-62(86)87)30-32-77(47-91-49-81)34-33-76(31-29-74)46-90-48-80/h1,16-22,25,40,48-49,52,57H,4-15,23-24,26-39,41-47H2,2H3,(H,69,82)(H,70,89)(H,71,88)(H,72,83)(H,86,87)/t52-,57?/m0/s1. The van der Waals surface area contributed by atoms with E-state index in [1.807, 2.05) is 26.5 Å². The molecule has 6 amide bonds. The maximum absolute atomic E-state index is 14.0. The Labute approximate surface area is 537 Å². The lowest BCUT2D eigenvalue weighted by molar-refractivity contribution is -0.139. The number of alkyl halides is 2. The molecular formula is C65H92F2N12O13. The number of carbonyl (C=O) groups excluding carboxylic acids is 8. The fourth-order valence-corrected chi connectivity index (χ4v) is 11.2. The van der Waals surface area contributed by atoms with Crippen molar-refractivity contribution in [3.63, 3.8) is 0 Å². The number of piperazine rings is 1. The zero-order chi connectivity index (χ0) is 66.1. The van der Waals surface area contributed by atoms with Crippen LogP contribution < -0.4 is 26.0 Å². The molecule has 3 aliphatic heterocycles. The van der Waals surface area contributed by atoms with Crippen LogP contribution in [0.5, 0.6) is 5.75 Å². The molecule has 0 radical (unpaired) electrons. The third-order valence-corrected chi connectivity index (χ3v) is 16.6. The van der Waals surface area contributed by atoms with Crippen LogP contribution in [-0.2, 0) is 54.3 Å². The quantitative estimate of drug-likeness (QED) is 0.0318. The first kappa shape index (κ1) is 73.2. The lowest BCUT2D eigenvalue weighted by Crippen LogP contribution is -2.52.